The Morgan fingerprint density at radius 2 is 1.83 bits per heavy atom. The molecular formula is C18H23NO4S. The lowest BCUT2D eigenvalue weighted by molar-refractivity contribution is 0.0683. The monoisotopic (exact) mass is 349 g/mol. The first-order chi connectivity index (χ1) is 11.4. The summed E-state index contributed by atoms with van der Waals surface area (Å²) in [6.07, 6.45) is 0.739. The molecule has 2 heterocycles. The first-order valence-corrected chi connectivity index (χ1v) is 9.88. The molecule has 1 aliphatic heterocycles. The number of hydrogen-bond donors (Lipinski definition) is 1. The van der Waals surface area contributed by atoms with Crippen molar-refractivity contribution in [2.75, 3.05) is 11.5 Å². The van der Waals surface area contributed by atoms with E-state index in [-0.39, 0.29) is 11.5 Å². The van der Waals surface area contributed by atoms with Crippen molar-refractivity contribution in [1.29, 1.82) is 0 Å². The maximum atomic E-state index is 11.9. The largest absolute Gasteiger partial charge is 0.468 e. The zero-order valence-corrected chi connectivity index (χ0v) is 14.8. The van der Waals surface area contributed by atoms with Crippen molar-refractivity contribution in [3.05, 3.63) is 59.0 Å². The van der Waals surface area contributed by atoms with Crippen LogP contribution in [0.5, 0.6) is 0 Å². The molecule has 1 aromatic heterocycles. The fraction of sp³-hybridized carbons (Fsp3) is 0.444. The topological polar surface area (TPSA) is 70.8 Å². The normalized spacial score (nSPS) is 23.0. The van der Waals surface area contributed by atoms with Gasteiger partial charge < -0.3 is 9.52 Å². The summed E-state index contributed by atoms with van der Waals surface area (Å²) in [4.78, 5) is 2.02. The van der Waals surface area contributed by atoms with Crippen molar-refractivity contribution in [2.24, 2.45) is 0 Å². The third kappa shape index (κ3) is 3.71. The minimum absolute atomic E-state index is 0.0141. The molecule has 130 valence electrons. The predicted octanol–water partition coefficient (Wildman–Crippen LogP) is 2.06. The molecule has 0 bridgehead atoms. The summed E-state index contributed by atoms with van der Waals surface area (Å²) in [6, 6.07) is 9.38. The fourth-order valence-electron chi connectivity index (χ4n) is 3.35. The zero-order chi connectivity index (χ0) is 17.3. The standard InChI is InChI=1S/C18H23NO4S/c1-13-5-3-6-14(2)16(13)10-19(9-15-7-4-8-23-15)17-11-24(21,22)12-18(17)20/h3-8,17-18,20H,9-12H2,1-2H3. The van der Waals surface area contributed by atoms with E-state index in [1.165, 1.54) is 5.56 Å². The van der Waals surface area contributed by atoms with Gasteiger partial charge in [0.2, 0.25) is 0 Å². The van der Waals surface area contributed by atoms with Gasteiger partial charge >= 0.3 is 0 Å². The molecule has 1 aromatic carbocycles. The molecule has 0 amide bonds. The third-order valence-corrected chi connectivity index (χ3v) is 6.41. The molecule has 0 spiro atoms. The number of rotatable bonds is 5. The van der Waals surface area contributed by atoms with Crippen molar-refractivity contribution in [3.8, 4) is 0 Å². The van der Waals surface area contributed by atoms with Gasteiger partial charge in [-0.3, -0.25) is 4.90 Å². The second-order valence-corrected chi connectivity index (χ2v) is 8.72. The number of aryl methyl sites for hydroxylation is 2. The van der Waals surface area contributed by atoms with Gasteiger partial charge in [-0.15, -0.1) is 0 Å². The third-order valence-electron chi connectivity index (χ3n) is 4.71. The van der Waals surface area contributed by atoms with E-state index in [1.807, 2.05) is 23.1 Å². The summed E-state index contributed by atoms with van der Waals surface area (Å²) in [7, 11) is -3.20. The molecule has 2 unspecified atom stereocenters. The van der Waals surface area contributed by atoms with Crippen molar-refractivity contribution in [3.63, 3.8) is 0 Å². The lowest BCUT2D eigenvalue weighted by Gasteiger charge is -2.30. The van der Waals surface area contributed by atoms with Gasteiger partial charge in [0.25, 0.3) is 0 Å². The smallest absolute Gasteiger partial charge is 0.154 e. The maximum Gasteiger partial charge on any atom is 0.154 e. The summed E-state index contributed by atoms with van der Waals surface area (Å²) in [5.41, 5.74) is 3.49. The van der Waals surface area contributed by atoms with E-state index in [2.05, 4.69) is 26.0 Å². The molecule has 6 heteroatoms. The molecule has 5 nitrogen and oxygen atoms in total. The molecule has 1 fully saturated rings. The summed E-state index contributed by atoms with van der Waals surface area (Å²) in [5.74, 6) is 0.580. The number of benzene rings is 1. The maximum absolute atomic E-state index is 11.9. The van der Waals surface area contributed by atoms with Crippen LogP contribution in [0.1, 0.15) is 22.5 Å². The van der Waals surface area contributed by atoms with E-state index < -0.39 is 22.0 Å². The minimum atomic E-state index is -3.20. The van der Waals surface area contributed by atoms with Crippen LogP contribution in [-0.2, 0) is 22.9 Å². The Hall–Kier alpha value is -1.63. The summed E-state index contributed by atoms with van der Waals surface area (Å²) in [6.45, 7) is 5.15. The molecule has 0 saturated carbocycles. The van der Waals surface area contributed by atoms with Gasteiger partial charge in [0.15, 0.2) is 9.84 Å². The first-order valence-electron chi connectivity index (χ1n) is 8.06. The van der Waals surface area contributed by atoms with Gasteiger partial charge in [0.05, 0.1) is 36.5 Å². The molecule has 3 rings (SSSR count). The van der Waals surface area contributed by atoms with Crippen LogP contribution in [-0.4, -0.2) is 42.1 Å². The van der Waals surface area contributed by atoms with Crippen LogP contribution in [0, 0.1) is 13.8 Å². The number of sulfone groups is 1. The lowest BCUT2D eigenvalue weighted by Crippen LogP contribution is -2.42. The van der Waals surface area contributed by atoms with Crippen LogP contribution in [0.25, 0.3) is 0 Å². The molecule has 1 saturated heterocycles. The highest BCUT2D eigenvalue weighted by Gasteiger charge is 2.40. The van der Waals surface area contributed by atoms with E-state index in [0.29, 0.717) is 13.1 Å². The van der Waals surface area contributed by atoms with E-state index in [1.54, 1.807) is 6.26 Å². The Morgan fingerprint density at radius 1 is 1.12 bits per heavy atom. The van der Waals surface area contributed by atoms with Gasteiger partial charge in [0, 0.05) is 6.54 Å². The fourth-order valence-corrected chi connectivity index (χ4v) is 5.19. The number of aliphatic hydroxyl groups is 1. The molecule has 1 aliphatic rings. The minimum Gasteiger partial charge on any atom is -0.468 e. The van der Waals surface area contributed by atoms with Crippen LogP contribution in [0.15, 0.2) is 41.0 Å². The summed E-state index contributed by atoms with van der Waals surface area (Å²) < 4.78 is 29.3. The van der Waals surface area contributed by atoms with Crippen molar-refractivity contribution < 1.29 is 17.9 Å². The molecule has 2 aromatic rings. The molecular weight excluding hydrogens is 326 g/mol. The van der Waals surface area contributed by atoms with Gasteiger partial charge in [-0.2, -0.15) is 0 Å². The van der Waals surface area contributed by atoms with Crippen molar-refractivity contribution >= 4 is 9.84 Å². The lowest BCUT2D eigenvalue weighted by atomic mass is 10.0. The number of nitrogens with zero attached hydrogens (tertiary/aromatic N) is 1. The molecule has 24 heavy (non-hydrogen) atoms. The van der Waals surface area contributed by atoms with Crippen LogP contribution in [0.2, 0.25) is 0 Å². The quantitative estimate of drug-likeness (QED) is 0.895. The Labute approximate surface area is 142 Å². The van der Waals surface area contributed by atoms with Gasteiger partial charge in [-0.25, -0.2) is 8.42 Å². The van der Waals surface area contributed by atoms with Gasteiger partial charge in [-0.05, 0) is 42.7 Å². The summed E-state index contributed by atoms with van der Waals surface area (Å²) in [5, 5.41) is 10.3. The summed E-state index contributed by atoms with van der Waals surface area (Å²) >= 11 is 0. The van der Waals surface area contributed by atoms with Crippen LogP contribution in [0.3, 0.4) is 0 Å². The Balaban J connectivity index is 1.90. The highest BCUT2D eigenvalue weighted by atomic mass is 32.2. The van der Waals surface area contributed by atoms with Crippen molar-refractivity contribution in [2.45, 2.75) is 39.1 Å². The van der Waals surface area contributed by atoms with E-state index in [9.17, 15) is 13.5 Å². The van der Waals surface area contributed by atoms with E-state index in [0.717, 1.165) is 16.9 Å². The second kappa shape index (κ2) is 6.70. The number of furan rings is 1. The Morgan fingerprint density at radius 3 is 2.38 bits per heavy atom. The SMILES string of the molecule is Cc1cccc(C)c1CN(Cc1ccco1)C1CS(=O)(=O)CC1O. The number of hydrogen-bond acceptors (Lipinski definition) is 5. The predicted molar refractivity (Wildman–Crippen MR) is 92.3 cm³/mol. The Kier molecular flexibility index (Phi) is 4.80. The molecule has 0 radical (unpaired) electrons. The molecule has 2 atom stereocenters. The van der Waals surface area contributed by atoms with Gasteiger partial charge in [0.1, 0.15) is 5.76 Å². The highest BCUT2D eigenvalue weighted by molar-refractivity contribution is 7.91. The average molecular weight is 349 g/mol. The molecule has 1 N–H and O–H groups in total. The van der Waals surface area contributed by atoms with E-state index in [4.69, 9.17) is 4.42 Å². The molecule has 0 aliphatic carbocycles. The Bertz CT molecular complexity index is 778. The zero-order valence-electron chi connectivity index (χ0n) is 14.0. The van der Waals surface area contributed by atoms with Crippen molar-refractivity contribution in [1.82, 2.24) is 4.90 Å². The first kappa shape index (κ1) is 17.2. The van der Waals surface area contributed by atoms with Crippen LogP contribution >= 0.6 is 0 Å². The second-order valence-electron chi connectivity index (χ2n) is 6.57. The highest BCUT2D eigenvalue weighted by Crippen LogP contribution is 2.25. The van der Waals surface area contributed by atoms with E-state index >= 15 is 0 Å². The van der Waals surface area contributed by atoms with Crippen LogP contribution < -0.4 is 0 Å². The number of aliphatic hydroxyl groups excluding tert-OH is 1. The van der Waals surface area contributed by atoms with Gasteiger partial charge in [-0.1, -0.05) is 18.2 Å². The average Bonchev–Trinajstić information content (AvgIpc) is 3.09. The van der Waals surface area contributed by atoms with Crippen LogP contribution in [0.4, 0.5) is 0 Å².